The quantitative estimate of drug-likeness (QED) is 0.113. The number of carbonyl (C=O) groups is 1. The van der Waals surface area contributed by atoms with E-state index < -0.39 is 73.2 Å². The van der Waals surface area contributed by atoms with Gasteiger partial charge in [-0.2, -0.15) is 35.1 Å². The molecule has 73 heavy (non-hydrogen) atoms. The van der Waals surface area contributed by atoms with Crippen molar-refractivity contribution in [2.24, 2.45) is 0 Å². The van der Waals surface area contributed by atoms with Crippen LogP contribution < -0.4 is 38.6 Å². The van der Waals surface area contributed by atoms with E-state index in [1.54, 1.807) is 43.3 Å². The Hall–Kier alpha value is -7.79. The van der Waals surface area contributed by atoms with Gasteiger partial charge in [-0.3, -0.25) is 4.90 Å². The van der Waals surface area contributed by atoms with Crippen molar-refractivity contribution in [1.82, 2.24) is 0 Å². The lowest BCUT2D eigenvalue weighted by atomic mass is 9.99. The van der Waals surface area contributed by atoms with Gasteiger partial charge in [-0.05, 0) is 89.8 Å². The molecule has 6 aromatic rings. The van der Waals surface area contributed by atoms with E-state index in [1.165, 1.54) is 71.6 Å². The summed E-state index contributed by atoms with van der Waals surface area (Å²) in [4.78, 5) is 14.2. The number of nitrogens with one attached hydrogen (secondary N) is 1. The van der Waals surface area contributed by atoms with Crippen molar-refractivity contribution in [1.29, 1.82) is 0 Å². The second kappa shape index (κ2) is 21.5. The van der Waals surface area contributed by atoms with Gasteiger partial charge in [0.25, 0.3) is 0 Å². The topological polar surface area (TPSA) is 97.0 Å². The molecule has 0 bridgehead atoms. The summed E-state index contributed by atoms with van der Waals surface area (Å²) in [5.74, 6) is -1.34. The SMILES string of the molecule is CCOC(=O)N1c2cccc(-c3cccc(OC(F)(F)F)c3)c2OCC1c1cccc(OC(F)(F)C(F)F)c1.FC(F)C(F)(F)Oc1cccc(C2COc3c(cccc3-c3cccc(OC(F)(F)F)c3)N2)c1. The minimum absolute atomic E-state index is 0.0154. The Labute approximate surface area is 404 Å². The monoisotopic (exact) mass is 1050 g/mol. The lowest BCUT2D eigenvalue weighted by Crippen LogP contribution is -2.41. The highest BCUT2D eigenvalue weighted by atomic mass is 19.4. The van der Waals surface area contributed by atoms with Gasteiger partial charge in [-0.1, -0.05) is 72.8 Å². The fourth-order valence-corrected chi connectivity index (χ4v) is 7.48. The molecule has 1 amide bonds. The number of benzene rings is 6. The molecule has 0 spiro atoms. The van der Waals surface area contributed by atoms with Gasteiger partial charge < -0.3 is 38.5 Å². The van der Waals surface area contributed by atoms with Crippen LogP contribution in [0.25, 0.3) is 22.3 Å². The van der Waals surface area contributed by atoms with E-state index >= 15 is 0 Å². The van der Waals surface area contributed by atoms with Crippen LogP contribution in [0.5, 0.6) is 34.5 Å². The van der Waals surface area contributed by atoms with Crippen LogP contribution in [0.4, 0.5) is 77.6 Å². The molecule has 388 valence electrons. The first kappa shape index (κ1) is 53.0. The van der Waals surface area contributed by atoms with E-state index in [0.717, 1.165) is 30.3 Å². The minimum atomic E-state index is -4.91. The number of hydrogen-bond donors (Lipinski definition) is 1. The molecule has 2 aliphatic heterocycles. The standard InChI is InChI=1S/C26H20F7NO5.C23H16F7NO3/c1-2-36-24(35)34-20-11-5-10-19(15-6-3-9-18(12-15)39-26(31,32)33)22(20)37-14-21(34)16-7-4-8-17(13-16)38-25(29,30)23(27)28;24-21(25)22(26,27)33-15-6-2-5-14(11-15)19-12-32-20-17(8-3-9-18(20)31-19)13-4-1-7-16(10-13)34-23(28,29)30/h3-13,21,23H,2,14H2,1H3;1-11,19,21,31H,12H2. The molecule has 0 radical (unpaired) electrons. The van der Waals surface area contributed by atoms with Crippen LogP contribution in [0.1, 0.15) is 30.1 Å². The summed E-state index contributed by atoms with van der Waals surface area (Å²) in [5.41, 5.74) is 2.88. The molecule has 0 fully saturated rings. The van der Waals surface area contributed by atoms with E-state index in [9.17, 15) is 66.3 Å². The zero-order chi connectivity index (χ0) is 52.9. The minimum Gasteiger partial charge on any atom is -0.488 e. The fourth-order valence-electron chi connectivity index (χ4n) is 7.48. The number of anilines is 2. The maximum absolute atomic E-state index is 13.5. The van der Waals surface area contributed by atoms with Gasteiger partial charge in [0.05, 0.1) is 30.1 Å². The van der Waals surface area contributed by atoms with Crippen LogP contribution in [0.2, 0.25) is 0 Å². The molecule has 0 aliphatic carbocycles. The summed E-state index contributed by atoms with van der Waals surface area (Å²) in [6, 6.07) is 28.8. The second-order valence-electron chi connectivity index (χ2n) is 15.5. The zero-order valence-electron chi connectivity index (χ0n) is 37.1. The molecule has 2 aliphatic rings. The third kappa shape index (κ3) is 13.2. The first-order valence-electron chi connectivity index (χ1n) is 21.3. The molecular weight excluding hydrogens is 1010 g/mol. The Bertz CT molecular complexity index is 2880. The lowest BCUT2D eigenvalue weighted by molar-refractivity contribution is -0.275. The first-order chi connectivity index (χ1) is 34.4. The van der Waals surface area contributed by atoms with Crippen LogP contribution in [-0.4, -0.2) is 63.7 Å². The number of rotatable bonds is 13. The van der Waals surface area contributed by atoms with E-state index in [-0.39, 0.29) is 42.6 Å². The Kier molecular flexibility index (Phi) is 15.6. The third-order valence-corrected chi connectivity index (χ3v) is 10.4. The van der Waals surface area contributed by atoms with Crippen molar-refractivity contribution in [3.63, 3.8) is 0 Å². The molecule has 2 unspecified atom stereocenters. The molecule has 0 saturated carbocycles. The van der Waals surface area contributed by atoms with Crippen molar-refractivity contribution in [2.45, 2.75) is 56.8 Å². The van der Waals surface area contributed by atoms with Crippen molar-refractivity contribution in [2.75, 3.05) is 30.0 Å². The number of amides is 1. The van der Waals surface area contributed by atoms with Crippen molar-refractivity contribution in [3.05, 3.63) is 145 Å². The third-order valence-electron chi connectivity index (χ3n) is 10.4. The van der Waals surface area contributed by atoms with Crippen LogP contribution in [-0.2, 0) is 4.74 Å². The Morgan fingerprint density at radius 1 is 0.575 bits per heavy atom. The molecule has 2 atom stereocenters. The van der Waals surface area contributed by atoms with Crippen molar-refractivity contribution < 1.29 is 99.4 Å². The lowest BCUT2D eigenvalue weighted by Gasteiger charge is -2.37. The number of halogens is 14. The van der Waals surface area contributed by atoms with Gasteiger partial charge in [0.15, 0.2) is 5.75 Å². The molecule has 0 aromatic heterocycles. The van der Waals surface area contributed by atoms with Gasteiger partial charge in [-0.25, -0.2) is 4.79 Å². The van der Waals surface area contributed by atoms with E-state index in [0.29, 0.717) is 39.3 Å². The predicted octanol–water partition coefficient (Wildman–Crippen LogP) is 14.6. The summed E-state index contributed by atoms with van der Waals surface area (Å²) in [6.07, 6.45) is -28.0. The number of fused-ring (bicyclic) bond motifs is 2. The van der Waals surface area contributed by atoms with Crippen LogP contribution >= 0.6 is 0 Å². The van der Waals surface area contributed by atoms with E-state index in [2.05, 4.69) is 24.3 Å². The van der Waals surface area contributed by atoms with Crippen LogP contribution in [0.3, 0.4) is 0 Å². The number of alkyl halides is 14. The molecule has 0 saturated heterocycles. The highest BCUT2D eigenvalue weighted by molar-refractivity contribution is 5.94. The van der Waals surface area contributed by atoms with Crippen LogP contribution in [0, 0.1) is 0 Å². The maximum Gasteiger partial charge on any atom is 0.573 e. The number of nitrogens with zero attached hydrogens (tertiary/aromatic N) is 1. The van der Waals surface area contributed by atoms with Gasteiger partial charge >= 0.3 is 43.9 Å². The molecule has 1 N–H and O–H groups in total. The van der Waals surface area contributed by atoms with Gasteiger partial charge in [-0.15, -0.1) is 26.3 Å². The molecular formula is C49H36F14N2O8. The number of hydrogen-bond acceptors (Lipinski definition) is 9. The van der Waals surface area contributed by atoms with E-state index in [1.807, 2.05) is 0 Å². The number of ether oxygens (including phenoxy) is 7. The fraction of sp³-hybridized carbons (Fsp3) is 0.245. The normalized spacial score (nSPS) is 15.6. The average Bonchev–Trinajstić information content (AvgIpc) is 3.32. The first-order valence-corrected chi connectivity index (χ1v) is 21.3. The highest BCUT2D eigenvalue weighted by Gasteiger charge is 2.45. The Balaban J connectivity index is 0.000000216. The second-order valence-corrected chi connectivity index (χ2v) is 15.5. The zero-order valence-corrected chi connectivity index (χ0v) is 37.1. The van der Waals surface area contributed by atoms with Gasteiger partial charge in [0.2, 0.25) is 0 Å². The summed E-state index contributed by atoms with van der Waals surface area (Å²) in [7, 11) is 0. The van der Waals surface area contributed by atoms with Crippen LogP contribution in [0.15, 0.2) is 133 Å². The van der Waals surface area contributed by atoms with Gasteiger partial charge in [0, 0.05) is 11.1 Å². The van der Waals surface area contributed by atoms with Gasteiger partial charge in [0.1, 0.15) is 42.0 Å². The summed E-state index contributed by atoms with van der Waals surface area (Å²) < 4.78 is 213. The van der Waals surface area contributed by atoms with Crippen molar-refractivity contribution >= 4 is 17.5 Å². The number of para-hydroxylation sites is 2. The smallest absolute Gasteiger partial charge is 0.488 e. The molecule has 2 heterocycles. The molecule has 10 nitrogen and oxygen atoms in total. The summed E-state index contributed by atoms with van der Waals surface area (Å²) in [6.45, 7) is 1.34. The average molecular weight is 1050 g/mol. The molecule has 8 rings (SSSR count). The Morgan fingerprint density at radius 3 is 1.55 bits per heavy atom. The Morgan fingerprint density at radius 2 is 1.03 bits per heavy atom. The number of carbonyl (C=O) groups excluding carboxylic acids is 1. The maximum atomic E-state index is 13.5. The largest absolute Gasteiger partial charge is 0.573 e. The van der Waals surface area contributed by atoms with Crippen molar-refractivity contribution in [3.8, 4) is 56.8 Å². The molecule has 6 aromatic carbocycles. The molecule has 24 heteroatoms. The highest BCUT2D eigenvalue weighted by Crippen LogP contribution is 2.47. The van der Waals surface area contributed by atoms with E-state index in [4.69, 9.17) is 14.2 Å². The predicted molar refractivity (Wildman–Crippen MR) is 233 cm³/mol. The summed E-state index contributed by atoms with van der Waals surface area (Å²) in [5, 5.41) is 3.16. The summed E-state index contributed by atoms with van der Waals surface area (Å²) >= 11 is 0.